The van der Waals surface area contributed by atoms with E-state index < -0.39 is 27.5 Å². The molecule has 1 aromatic heterocycles. The molecule has 0 spiro atoms. The first-order valence-electron chi connectivity index (χ1n) is 8.99. The fourth-order valence-corrected chi connectivity index (χ4v) is 4.92. The third kappa shape index (κ3) is 5.54. The molecule has 31 heavy (non-hydrogen) atoms. The van der Waals surface area contributed by atoms with E-state index >= 15 is 0 Å². The maximum absolute atomic E-state index is 12.8. The summed E-state index contributed by atoms with van der Waals surface area (Å²) in [6.45, 7) is 3.31. The Kier molecular flexibility index (Phi) is 6.58. The number of hydrogen-bond acceptors (Lipinski definition) is 6. The van der Waals surface area contributed by atoms with E-state index in [1.54, 1.807) is 13.8 Å². The van der Waals surface area contributed by atoms with E-state index in [0.717, 1.165) is 23.9 Å². The zero-order chi connectivity index (χ0) is 22.8. The van der Waals surface area contributed by atoms with Crippen LogP contribution >= 0.6 is 11.8 Å². The third-order valence-corrected chi connectivity index (χ3v) is 6.66. The normalized spacial score (nSPS) is 12.3. The average Bonchev–Trinajstić information content (AvgIpc) is 2.67. The maximum atomic E-state index is 12.8. The van der Waals surface area contributed by atoms with Gasteiger partial charge in [-0.25, -0.2) is 18.1 Å². The van der Waals surface area contributed by atoms with Gasteiger partial charge in [0.15, 0.2) is 0 Å². The fourth-order valence-electron chi connectivity index (χ4n) is 2.67. The second-order valence-corrected chi connectivity index (χ2v) is 9.54. The highest BCUT2D eigenvalue weighted by atomic mass is 32.2. The van der Waals surface area contributed by atoms with Gasteiger partial charge in [0.1, 0.15) is 21.4 Å². The summed E-state index contributed by atoms with van der Waals surface area (Å²) in [7, 11) is -3.97. The Hall–Kier alpha value is -2.63. The molecule has 3 rings (SSSR count). The summed E-state index contributed by atoms with van der Waals surface area (Å²) in [5, 5.41) is 10.4. The summed E-state index contributed by atoms with van der Waals surface area (Å²) in [6.07, 6.45) is -1.59. The van der Waals surface area contributed by atoms with Gasteiger partial charge in [-0.15, -0.1) is 0 Å². The minimum absolute atomic E-state index is 0.310. The van der Waals surface area contributed by atoms with Crippen molar-refractivity contribution < 1.29 is 26.7 Å². The van der Waals surface area contributed by atoms with E-state index in [1.807, 2.05) is 0 Å². The Labute approximate surface area is 181 Å². The van der Waals surface area contributed by atoms with Crippen molar-refractivity contribution in [2.75, 3.05) is 0 Å². The van der Waals surface area contributed by atoms with Crippen molar-refractivity contribution in [3.05, 3.63) is 60.4 Å². The molecular weight excluding hydrogens is 451 g/mol. The summed E-state index contributed by atoms with van der Waals surface area (Å²) in [5.41, 5.74) is -0.0555. The minimum Gasteiger partial charge on any atom is -0.507 e. The van der Waals surface area contributed by atoms with Gasteiger partial charge >= 0.3 is 6.18 Å². The van der Waals surface area contributed by atoms with Crippen LogP contribution < -0.4 is 4.72 Å². The van der Waals surface area contributed by atoms with E-state index in [2.05, 4.69) is 14.7 Å². The quantitative estimate of drug-likeness (QED) is 0.544. The molecule has 0 bridgehead atoms. The van der Waals surface area contributed by atoms with Gasteiger partial charge < -0.3 is 5.11 Å². The van der Waals surface area contributed by atoms with Crippen LogP contribution in [0.25, 0.3) is 11.3 Å². The number of aromatic hydroxyl groups is 1. The van der Waals surface area contributed by atoms with Crippen LogP contribution in [-0.2, 0) is 16.2 Å². The third-order valence-electron chi connectivity index (χ3n) is 3.97. The van der Waals surface area contributed by atoms with Gasteiger partial charge in [-0.3, -0.25) is 4.98 Å². The van der Waals surface area contributed by atoms with Crippen molar-refractivity contribution in [1.82, 2.24) is 14.7 Å². The standard InChI is InChI=1S/C20H18F3N3O3S2/c1-12(2)26-31(28,29)17-11-13(3-8-16(17)27)18-19(25-10-9-24-18)30-15-6-4-14(5-7-15)20(21,22)23/h3-12,26-27H,1-2H3. The summed E-state index contributed by atoms with van der Waals surface area (Å²) >= 11 is 1.09. The van der Waals surface area contributed by atoms with Gasteiger partial charge in [-0.1, -0.05) is 11.8 Å². The highest BCUT2D eigenvalue weighted by Crippen LogP contribution is 2.37. The van der Waals surface area contributed by atoms with Crippen molar-refractivity contribution in [1.29, 1.82) is 0 Å². The van der Waals surface area contributed by atoms with Gasteiger partial charge in [-0.2, -0.15) is 13.2 Å². The summed E-state index contributed by atoms with van der Waals surface area (Å²) < 4.78 is 65.8. The van der Waals surface area contributed by atoms with Crippen molar-refractivity contribution in [2.24, 2.45) is 0 Å². The van der Waals surface area contributed by atoms with E-state index in [9.17, 15) is 26.7 Å². The highest BCUT2D eigenvalue weighted by molar-refractivity contribution is 7.99. The lowest BCUT2D eigenvalue weighted by Crippen LogP contribution is -2.30. The Morgan fingerprint density at radius 3 is 2.29 bits per heavy atom. The molecule has 0 saturated heterocycles. The first-order valence-corrected chi connectivity index (χ1v) is 11.3. The van der Waals surface area contributed by atoms with Crippen LogP contribution in [0.4, 0.5) is 13.2 Å². The molecule has 6 nitrogen and oxygen atoms in total. The Morgan fingerprint density at radius 1 is 1.03 bits per heavy atom. The number of nitrogens with one attached hydrogen (secondary N) is 1. The molecule has 0 atom stereocenters. The smallest absolute Gasteiger partial charge is 0.416 e. The number of benzene rings is 2. The molecule has 1 heterocycles. The molecule has 2 aromatic carbocycles. The number of alkyl halides is 3. The van der Waals surface area contributed by atoms with Crippen LogP contribution in [0, 0.1) is 0 Å². The molecule has 0 amide bonds. The predicted octanol–water partition coefficient (Wildman–Crippen LogP) is 4.71. The van der Waals surface area contributed by atoms with E-state index in [0.29, 0.717) is 21.2 Å². The first-order chi connectivity index (χ1) is 14.5. The van der Waals surface area contributed by atoms with Crippen LogP contribution in [0.2, 0.25) is 0 Å². The molecule has 3 aromatic rings. The number of nitrogens with zero attached hydrogens (tertiary/aromatic N) is 2. The molecular formula is C20H18F3N3O3S2. The number of rotatable bonds is 6. The second kappa shape index (κ2) is 8.85. The number of hydrogen-bond donors (Lipinski definition) is 2. The zero-order valence-corrected chi connectivity index (χ0v) is 18.0. The molecule has 0 saturated carbocycles. The van der Waals surface area contributed by atoms with E-state index in [4.69, 9.17) is 0 Å². The zero-order valence-electron chi connectivity index (χ0n) is 16.4. The molecule has 0 aliphatic carbocycles. The van der Waals surface area contributed by atoms with Gasteiger partial charge in [0.05, 0.1) is 5.56 Å². The van der Waals surface area contributed by atoms with Crippen molar-refractivity contribution >= 4 is 21.8 Å². The van der Waals surface area contributed by atoms with Gasteiger partial charge in [0, 0.05) is 28.9 Å². The average molecular weight is 470 g/mol. The Morgan fingerprint density at radius 2 is 1.68 bits per heavy atom. The molecule has 0 unspecified atom stereocenters. The Bertz CT molecular complexity index is 1180. The Balaban J connectivity index is 1.98. The first kappa shape index (κ1) is 23.0. The van der Waals surface area contributed by atoms with Crippen LogP contribution in [0.1, 0.15) is 19.4 Å². The highest BCUT2D eigenvalue weighted by Gasteiger charge is 2.30. The summed E-state index contributed by atoms with van der Waals surface area (Å²) in [4.78, 5) is 8.68. The number of aromatic nitrogens is 2. The molecule has 2 N–H and O–H groups in total. The summed E-state index contributed by atoms with van der Waals surface area (Å²) in [5.74, 6) is -0.419. The van der Waals surface area contributed by atoms with E-state index in [1.165, 1.54) is 42.7 Å². The van der Waals surface area contributed by atoms with Crippen molar-refractivity contribution in [3.63, 3.8) is 0 Å². The largest absolute Gasteiger partial charge is 0.507 e. The monoisotopic (exact) mass is 469 g/mol. The molecule has 0 fully saturated rings. The van der Waals surface area contributed by atoms with Gasteiger partial charge in [0.25, 0.3) is 0 Å². The van der Waals surface area contributed by atoms with Gasteiger partial charge in [-0.05, 0) is 56.3 Å². The predicted molar refractivity (Wildman–Crippen MR) is 110 cm³/mol. The minimum atomic E-state index is -4.43. The lowest BCUT2D eigenvalue weighted by atomic mass is 10.1. The molecule has 0 radical (unpaired) electrons. The second-order valence-electron chi connectivity index (χ2n) is 6.79. The SMILES string of the molecule is CC(C)NS(=O)(=O)c1cc(-c2nccnc2Sc2ccc(C(F)(F)F)cc2)ccc1O. The maximum Gasteiger partial charge on any atom is 0.416 e. The summed E-state index contributed by atoms with van der Waals surface area (Å²) in [6, 6.07) is 8.23. The van der Waals surface area contributed by atoms with Crippen molar-refractivity contribution in [2.45, 2.75) is 40.9 Å². The van der Waals surface area contributed by atoms with Gasteiger partial charge in [0.2, 0.25) is 10.0 Å². The number of sulfonamides is 1. The number of halogens is 3. The van der Waals surface area contributed by atoms with Crippen LogP contribution in [0.3, 0.4) is 0 Å². The lowest BCUT2D eigenvalue weighted by molar-refractivity contribution is -0.137. The van der Waals surface area contributed by atoms with Crippen molar-refractivity contribution in [3.8, 4) is 17.0 Å². The molecule has 0 aliphatic rings. The number of phenolic OH excluding ortho intramolecular Hbond substituents is 1. The molecule has 164 valence electrons. The van der Waals surface area contributed by atoms with Crippen LogP contribution in [0.5, 0.6) is 5.75 Å². The van der Waals surface area contributed by atoms with E-state index in [-0.39, 0.29) is 10.9 Å². The molecule has 0 aliphatic heterocycles. The van der Waals surface area contributed by atoms with Crippen LogP contribution in [0.15, 0.2) is 69.7 Å². The molecule has 11 heteroatoms. The van der Waals surface area contributed by atoms with Crippen LogP contribution in [-0.4, -0.2) is 29.5 Å². The topological polar surface area (TPSA) is 92.2 Å². The number of phenols is 1. The fraction of sp³-hybridized carbons (Fsp3) is 0.200. The lowest BCUT2D eigenvalue weighted by Gasteiger charge is -2.13.